The van der Waals surface area contributed by atoms with Crippen LogP contribution in [-0.4, -0.2) is 26.4 Å². The first-order valence-corrected chi connectivity index (χ1v) is 11.4. The number of para-hydroxylation sites is 1. The summed E-state index contributed by atoms with van der Waals surface area (Å²) in [6.45, 7) is 1.02. The van der Waals surface area contributed by atoms with Gasteiger partial charge in [-0.3, -0.25) is 10.1 Å². The molecule has 0 saturated heterocycles. The van der Waals surface area contributed by atoms with Crippen molar-refractivity contribution in [1.29, 1.82) is 0 Å². The molecule has 1 atom stereocenters. The van der Waals surface area contributed by atoms with Crippen molar-refractivity contribution in [3.63, 3.8) is 0 Å². The van der Waals surface area contributed by atoms with Crippen LogP contribution < -0.4 is 9.62 Å². The zero-order chi connectivity index (χ0) is 20.4. The first kappa shape index (κ1) is 19.6. The Bertz CT molecular complexity index is 1110. The maximum atomic E-state index is 12.8. The molecule has 1 aromatic heterocycles. The molecule has 150 valence electrons. The first-order chi connectivity index (χ1) is 14.0. The SMILES string of the molecule is O=[N+]([O-])c1ccc(S(=O)(=O)NCC(c2cccs2)N2CCc3ccccc32)cc1. The van der Waals surface area contributed by atoms with Gasteiger partial charge in [0.1, 0.15) is 0 Å². The summed E-state index contributed by atoms with van der Waals surface area (Å²) < 4.78 is 28.2. The van der Waals surface area contributed by atoms with Crippen LogP contribution in [0.15, 0.2) is 70.9 Å². The van der Waals surface area contributed by atoms with Gasteiger partial charge in [-0.25, -0.2) is 13.1 Å². The van der Waals surface area contributed by atoms with E-state index in [2.05, 4.69) is 21.8 Å². The van der Waals surface area contributed by atoms with E-state index in [-0.39, 0.29) is 23.2 Å². The Hall–Kier alpha value is -2.75. The van der Waals surface area contributed by atoms with Crippen molar-refractivity contribution >= 4 is 32.7 Å². The van der Waals surface area contributed by atoms with Crippen LogP contribution in [0, 0.1) is 10.1 Å². The number of thiophene rings is 1. The Labute approximate surface area is 172 Å². The molecular formula is C20H19N3O4S2. The maximum Gasteiger partial charge on any atom is 0.269 e. The Morgan fingerprint density at radius 2 is 1.86 bits per heavy atom. The fourth-order valence-electron chi connectivity index (χ4n) is 3.55. The van der Waals surface area contributed by atoms with Crippen LogP contribution in [0.25, 0.3) is 0 Å². The van der Waals surface area contributed by atoms with Gasteiger partial charge < -0.3 is 4.90 Å². The van der Waals surface area contributed by atoms with E-state index in [1.165, 1.54) is 29.8 Å². The predicted octanol–water partition coefficient (Wildman–Crippen LogP) is 3.74. The molecule has 7 nitrogen and oxygen atoms in total. The highest BCUT2D eigenvalue weighted by Crippen LogP contribution is 2.36. The van der Waals surface area contributed by atoms with E-state index in [9.17, 15) is 18.5 Å². The number of nitrogens with one attached hydrogen (secondary N) is 1. The lowest BCUT2D eigenvalue weighted by Crippen LogP contribution is -2.37. The third-order valence-electron chi connectivity index (χ3n) is 5.00. The number of hydrogen-bond donors (Lipinski definition) is 1. The fourth-order valence-corrected chi connectivity index (χ4v) is 5.43. The molecule has 0 saturated carbocycles. The van der Waals surface area contributed by atoms with Gasteiger partial charge in [0.05, 0.1) is 15.9 Å². The summed E-state index contributed by atoms with van der Waals surface area (Å²) in [5.41, 5.74) is 2.24. The summed E-state index contributed by atoms with van der Waals surface area (Å²) >= 11 is 1.59. The topological polar surface area (TPSA) is 92.5 Å². The summed E-state index contributed by atoms with van der Waals surface area (Å²) in [5, 5.41) is 12.8. The highest BCUT2D eigenvalue weighted by atomic mass is 32.2. The summed E-state index contributed by atoms with van der Waals surface area (Å²) in [7, 11) is -3.79. The normalized spacial score (nSPS) is 14.6. The highest BCUT2D eigenvalue weighted by Gasteiger charge is 2.29. The summed E-state index contributed by atoms with van der Waals surface area (Å²) in [6, 6.07) is 16.9. The van der Waals surface area contributed by atoms with Crippen molar-refractivity contribution in [1.82, 2.24) is 4.72 Å². The minimum atomic E-state index is -3.79. The minimum absolute atomic E-state index is 0.00912. The van der Waals surface area contributed by atoms with Gasteiger partial charge in [0.25, 0.3) is 5.69 Å². The molecule has 0 amide bonds. The van der Waals surface area contributed by atoms with Crippen molar-refractivity contribution < 1.29 is 13.3 Å². The molecule has 0 spiro atoms. The van der Waals surface area contributed by atoms with Crippen LogP contribution in [-0.2, 0) is 16.4 Å². The largest absolute Gasteiger partial charge is 0.362 e. The molecule has 0 radical (unpaired) electrons. The van der Waals surface area contributed by atoms with Crippen molar-refractivity contribution in [3.05, 3.63) is 86.6 Å². The van der Waals surface area contributed by atoms with E-state index in [4.69, 9.17) is 0 Å². The van der Waals surface area contributed by atoms with Gasteiger partial charge in [0.15, 0.2) is 0 Å². The Kier molecular flexibility index (Phi) is 5.35. The number of rotatable bonds is 7. The van der Waals surface area contributed by atoms with Gasteiger partial charge in [-0.2, -0.15) is 0 Å². The van der Waals surface area contributed by atoms with Crippen molar-refractivity contribution in [3.8, 4) is 0 Å². The Morgan fingerprint density at radius 1 is 1.10 bits per heavy atom. The molecule has 0 fully saturated rings. The molecule has 3 aromatic rings. The number of nitrogens with zero attached hydrogens (tertiary/aromatic N) is 2. The second kappa shape index (κ2) is 7.94. The number of hydrogen-bond acceptors (Lipinski definition) is 6. The molecule has 4 rings (SSSR count). The molecule has 9 heteroatoms. The number of benzene rings is 2. The van der Waals surface area contributed by atoms with E-state index in [1.54, 1.807) is 11.3 Å². The number of non-ortho nitro benzene ring substituents is 1. The lowest BCUT2D eigenvalue weighted by molar-refractivity contribution is -0.384. The lowest BCUT2D eigenvalue weighted by atomic mass is 10.1. The molecule has 2 aromatic carbocycles. The average Bonchev–Trinajstić information content (AvgIpc) is 3.39. The summed E-state index contributed by atoms with van der Waals surface area (Å²) in [6.07, 6.45) is 0.924. The van der Waals surface area contributed by atoms with Crippen molar-refractivity contribution in [2.45, 2.75) is 17.4 Å². The van der Waals surface area contributed by atoms with E-state index >= 15 is 0 Å². The molecule has 1 aliphatic heterocycles. The predicted molar refractivity (Wildman–Crippen MR) is 113 cm³/mol. The van der Waals surface area contributed by atoms with Gasteiger partial charge in [-0.1, -0.05) is 24.3 Å². The third-order valence-corrected chi connectivity index (χ3v) is 7.41. The summed E-state index contributed by atoms with van der Waals surface area (Å²) in [5.74, 6) is 0. The van der Waals surface area contributed by atoms with E-state index in [0.717, 1.165) is 23.5 Å². The quantitative estimate of drug-likeness (QED) is 0.456. The van der Waals surface area contributed by atoms with Gasteiger partial charge in [0, 0.05) is 35.8 Å². The molecule has 2 heterocycles. The van der Waals surface area contributed by atoms with Crippen molar-refractivity contribution in [2.24, 2.45) is 0 Å². The van der Waals surface area contributed by atoms with Gasteiger partial charge in [0.2, 0.25) is 10.0 Å². The van der Waals surface area contributed by atoms with E-state index in [1.807, 2.05) is 29.6 Å². The van der Waals surface area contributed by atoms with Gasteiger partial charge in [-0.05, 0) is 41.6 Å². The average molecular weight is 430 g/mol. The summed E-state index contributed by atoms with van der Waals surface area (Å²) in [4.78, 5) is 13.6. The zero-order valence-electron chi connectivity index (χ0n) is 15.4. The van der Waals surface area contributed by atoms with Crippen LogP contribution in [0.3, 0.4) is 0 Å². The molecule has 0 aliphatic carbocycles. The van der Waals surface area contributed by atoms with Gasteiger partial charge >= 0.3 is 0 Å². The Morgan fingerprint density at radius 3 is 2.55 bits per heavy atom. The lowest BCUT2D eigenvalue weighted by Gasteiger charge is -2.30. The molecule has 1 unspecified atom stereocenters. The minimum Gasteiger partial charge on any atom is -0.362 e. The van der Waals surface area contributed by atoms with Crippen LogP contribution in [0.1, 0.15) is 16.5 Å². The van der Waals surface area contributed by atoms with Crippen LogP contribution in [0.5, 0.6) is 0 Å². The molecular weight excluding hydrogens is 410 g/mol. The smallest absolute Gasteiger partial charge is 0.269 e. The number of sulfonamides is 1. The van der Waals surface area contributed by atoms with E-state index in [0.29, 0.717) is 0 Å². The van der Waals surface area contributed by atoms with Crippen LogP contribution >= 0.6 is 11.3 Å². The number of nitro groups is 1. The standard InChI is InChI=1S/C20H19N3O4S2/c24-23(25)16-7-9-17(10-8-16)29(26,27)21-14-19(20-6-3-13-28-20)22-12-11-15-4-1-2-5-18(15)22/h1-10,13,19,21H,11-12,14H2. The monoisotopic (exact) mass is 429 g/mol. The second-order valence-electron chi connectivity index (χ2n) is 6.71. The van der Waals surface area contributed by atoms with Crippen LogP contribution in [0.4, 0.5) is 11.4 Å². The Balaban J connectivity index is 1.57. The van der Waals surface area contributed by atoms with Crippen molar-refractivity contribution in [2.75, 3.05) is 18.0 Å². The number of fused-ring (bicyclic) bond motifs is 1. The molecule has 0 bridgehead atoms. The molecule has 1 N–H and O–H groups in total. The van der Waals surface area contributed by atoms with Gasteiger partial charge in [-0.15, -0.1) is 11.3 Å². The molecule has 1 aliphatic rings. The maximum absolute atomic E-state index is 12.8. The molecule has 29 heavy (non-hydrogen) atoms. The fraction of sp³-hybridized carbons (Fsp3) is 0.200. The second-order valence-corrected chi connectivity index (χ2v) is 9.45. The first-order valence-electron chi connectivity index (χ1n) is 9.08. The number of nitro benzene ring substituents is 1. The van der Waals surface area contributed by atoms with E-state index < -0.39 is 14.9 Å². The van der Waals surface area contributed by atoms with Crippen LogP contribution in [0.2, 0.25) is 0 Å². The highest BCUT2D eigenvalue weighted by molar-refractivity contribution is 7.89. The third kappa shape index (κ3) is 4.02. The zero-order valence-corrected chi connectivity index (χ0v) is 17.0. The number of anilines is 1.